The zero-order valence-electron chi connectivity index (χ0n) is 20.6. The summed E-state index contributed by atoms with van der Waals surface area (Å²) in [5, 5.41) is 15.1. The number of thiol groups is 1. The predicted octanol–water partition coefficient (Wildman–Crippen LogP) is 3.75. The molecule has 0 fully saturated rings. The highest BCUT2D eigenvalue weighted by atomic mass is 32.1. The zero-order chi connectivity index (χ0) is 26.2. The Balaban J connectivity index is 2.35. The minimum atomic E-state index is -1.04. The van der Waals surface area contributed by atoms with Crippen molar-refractivity contribution in [1.82, 2.24) is 10.2 Å². The number of alkyl carbamates (subject to hydrolysis) is 1. The maximum absolute atomic E-state index is 13.5. The molecule has 3 amide bonds. The van der Waals surface area contributed by atoms with Crippen LogP contribution in [0.25, 0.3) is 0 Å². The molecule has 0 aliphatic heterocycles. The quantitative estimate of drug-likeness (QED) is 0.387. The molecule has 35 heavy (non-hydrogen) atoms. The van der Waals surface area contributed by atoms with E-state index >= 15 is 0 Å². The Hall–Kier alpha value is -3.40. The van der Waals surface area contributed by atoms with Crippen LogP contribution in [0, 0.1) is 0 Å². The van der Waals surface area contributed by atoms with Crippen LogP contribution in [-0.2, 0) is 14.3 Å². The lowest BCUT2D eigenvalue weighted by molar-refractivity contribution is -0.140. The van der Waals surface area contributed by atoms with Crippen LogP contribution >= 0.6 is 12.6 Å². The van der Waals surface area contributed by atoms with E-state index in [1.807, 2.05) is 0 Å². The minimum Gasteiger partial charge on any atom is -0.508 e. The van der Waals surface area contributed by atoms with Crippen LogP contribution in [0.15, 0.2) is 48.5 Å². The Bertz CT molecular complexity index is 1010. The van der Waals surface area contributed by atoms with Crippen LogP contribution in [0.4, 0.5) is 10.5 Å². The van der Waals surface area contributed by atoms with Crippen molar-refractivity contribution in [2.45, 2.75) is 45.4 Å². The molecule has 0 aliphatic rings. The smallest absolute Gasteiger partial charge is 0.408 e. The fraction of sp³-hybridized carbons (Fsp3) is 0.400. The van der Waals surface area contributed by atoms with E-state index in [9.17, 15) is 19.5 Å². The maximum atomic E-state index is 13.5. The van der Waals surface area contributed by atoms with E-state index in [1.54, 1.807) is 71.2 Å². The molecule has 10 heteroatoms. The number of anilines is 1. The molecule has 0 spiro atoms. The molecule has 2 aromatic carbocycles. The molecule has 0 heterocycles. The van der Waals surface area contributed by atoms with Crippen molar-refractivity contribution >= 4 is 36.2 Å². The number of hydrogen-bond donors (Lipinski definition) is 4. The van der Waals surface area contributed by atoms with Crippen LogP contribution < -0.4 is 15.4 Å². The van der Waals surface area contributed by atoms with Crippen molar-refractivity contribution in [3.05, 3.63) is 54.1 Å². The Morgan fingerprint density at radius 2 is 1.66 bits per heavy atom. The molecule has 9 nitrogen and oxygen atoms in total. The van der Waals surface area contributed by atoms with Gasteiger partial charge in [-0.25, -0.2) is 4.79 Å². The van der Waals surface area contributed by atoms with E-state index in [-0.39, 0.29) is 18.0 Å². The molecule has 3 N–H and O–H groups in total. The van der Waals surface area contributed by atoms with Crippen molar-refractivity contribution in [3.63, 3.8) is 0 Å². The van der Waals surface area contributed by atoms with Crippen molar-refractivity contribution in [1.29, 1.82) is 0 Å². The molecular weight excluding hydrogens is 470 g/mol. The number of nitrogens with zero attached hydrogens (tertiary/aromatic N) is 1. The van der Waals surface area contributed by atoms with Crippen LogP contribution in [0.1, 0.15) is 39.3 Å². The zero-order valence-corrected chi connectivity index (χ0v) is 21.5. The number of hydrogen-bond acceptors (Lipinski definition) is 7. The first kappa shape index (κ1) is 27.8. The topological polar surface area (TPSA) is 117 Å². The third-order valence-corrected chi connectivity index (χ3v) is 5.29. The average molecular weight is 504 g/mol. The molecule has 0 saturated heterocycles. The molecule has 190 valence electrons. The molecule has 0 aromatic heterocycles. The highest BCUT2D eigenvalue weighted by molar-refractivity contribution is 7.80. The second kappa shape index (κ2) is 12.3. The van der Waals surface area contributed by atoms with Gasteiger partial charge in [0.1, 0.15) is 29.2 Å². The van der Waals surface area contributed by atoms with E-state index in [4.69, 9.17) is 9.47 Å². The van der Waals surface area contributed by atoms with Crippen molar-refractivity contribution in [2.75, 3.05) is 24.7 Å². The van der Waals surface area contributed by atoms with E-state index < -0.39 is 35.6 Å². The number of phenolic OH excluding ortho intramolecular Hbond substituents is 1. The Kier molecular flexibility index (Phi) is 9.82. The second-order valence-corrected chi connectivity index (χ2v) is 9.08. The summed E-state index contributed by atoms with van der Waals surface area (Å²) < 4.78 is 10.4. The molecule has 0 aliphatic carbocycles. The number of benzene rings is 2. The van der Waals surface area contributed by atoms with Crippen LogP contribution in [0.3, 0.4) is 0 Å². The third kappa shape index (κ3) is 8.10. The predicted molar refractivity (Wildman–Crippen MR) is 137 cm³/mol. The van der Waals surface area contributed by atoms with Gasteiger partial charge in [0.05, 0.1) is 7.11 Å². The number of phenols is 1. The van der Waals surface area contributed by atoms with Gasteiger partial charge in [0.2, 0.25) is 5.91 Å². The molecular formula is C25H33N3O6S. The Morgan fingerprint density at radius 3 is 2.14 bits per heavy atom. The fourth-order valence-electron chi connectivity index (χ4n) is 3.32. The van der Waals surface area contributed by atoms with E-state index in [1.165, 1.54) is 17.0 Å². The van der Waals surface area contributed by atoms with Gasteiger partial charge in [-0.1, -0.05) is 12.1 Å². The highest BCUT2D eigenvalue weighted by Gasteiger charge is 2.35. The van der Waals surface area contributed by atoms with Crippen molar-refractivity contribution in [3.8, 4) is 11.5 Å². The Labute approximate surface area is 211 Å². The number of methoxy groups -OCH3 is 1. The average Bonchev–Trinajstić information content (AvgIpc) is 2.80. The van der Waals surface area contributed by atoms with Crippen molar-refractivity contribution < 1.29 is 29.0 Å². The largest absolute Gasteiger partial charge is 0.508 e. The lowest BCUT2D eigenvalue weighted by Gasteiger charge is -2.33. The minimum absolute atomic E-state index is 0.00300. The van der Waals surface area contributed by atoms with E-state index in [2.05, 4.69) is 23.3 Å². The number of amides is 3. The Morgan fingerprint density at radius 1 is 1.06 bits per heavy atom. The van der Waals surface area contributed by atoms with Crippen LogP contribution in [0.2, 0.25) is 0 Å². The second-order valence-electron chi connectivity index (χ2n) is 8.72. The highest BCUT2D eigenvalue weighted by Crippen LogP contribution is 2.26. The lowest BCUT2D eigenvalue weighted by atomic mass is 10.0. The molecule has 0 bridgehead atoms. The molecule has 2 unspecified atom stereocenters. The summed E-state index contributed by atoms with van der Waals surface area (Å²) in [5.74, 6) is -0.315. The maximum Gasteiger partial charge on any atom is 0.408 e. The fourth-order valence-corrected chi connectivity index (χ4v) is 3.56. The first-order valence-corrected chi connectivity index (χ1v) is 11.8. The number of aromatic hydroxyl groups is 1. The lowest BCUT2D eigenvalue weighted by Crippen LogP contribution is -2.53. The van der Waals surface area contributed by atoms with Crippen LogP contribution in [-0.4, -0.2) is 59.0 Å². The summed E-state index contributed by atoms with van der Waals surface area (Å²) >= 11 is 4.23. The third-order valence-electron chi connectivity index (χ3n) is 4.92. The number of carbonyl (C=O) groups excluding carboxylic acids is 3. The summed E-state index contributed by atoms with van der Waals surface area (Å²) in [6.07, 6.45) is -0.759. The van der Waals surface area contributed by atoms with Gasteiger partial charge in [-0.15, -0.1) is 0 Å². The molecule has 0 saturated carbocycles. The van der Waals surface area contributed by atoms with E-state index in [0.717, 1.165) is 0 Å². The van der Waals surface area contributed by atoms with Crippen molar-refractivity contribution in [2.24, 2.45) is 0 Å². The first-order chi connectivity index (χ1) is 16.5. The van der Waals surface area contributed by atoms with E-state index in [0.29, 0.717) is 17.0 Å². The van der Waals surface area contributed by atoms with Gasteiger partial charge < -0.3 is 30.1 Å². The number of carbonyl (C=O) groups is 3. The SMILES string of the molecule is CCN(C(=O)C(CS)NC(=O)OC(C)(C)C)C(C(=O)Nc1ccc(OC)cc1)c1ccc(O)cc1. The molecule has 0 radical (unpaired) electrons. The first-order valence-electron chi connectivity index (χ1n) is 11.1. The summed E-state index contributed by atoms with van der Waals surface area (Å²) in [7, 11) is 1.54. The van der Waals surface area contributed by atoms with Gasteiger partial charge >= 0.3 is 6.09 Å². The summed E-state index contributed by atoms with van der Waals surface area (Å²) in [6, 6.07) is 10.7. The number of likely N-dealkylation sites (N-methyl/N-ethyl adjacent to an activating group) is 1. The normalized spacial score (nSPS) is 12.7. The molecule has 2 atom stereocenters. The number of rotatable bonds is 9. The van der Waals surface area contributed by atoms with Gasteiger partial charge in [-0.2, -0.15) is 12.6 Å². The van der Waals surface area contributed by atoms with Gasteiger partial charge in [0.15, 0.2) is 0 Å². The molecule has 2 rings (SSSR count). The van der Waals surface area contributed by atoms with Gasteiger partial charge in [0, 0.05) is 18.0 Å². The number of ether oxygens (including phenoxy) is 2. The monoisotopic (exact) mass is 503 g/mol. The molecule has 2 aromatic rings. The summed E-state index contributed by atoms with van der Waals surface area (Å²) in [4.78, 5) is 40.6. The number of nitrogens with one attached hydrogen (secondary N) is 2. The van der Waals surface area contributed by atoms with Crippen LogP contribution in [0.5, 0.6) is 11.5 Å². The van der Waals surface area contributed by atoms with Gasteiger partial charge in [-0.05, 0) is 69.7 Å². The van der Waals surface area contributed by atoms with Gasteiger partial charge in [-0.3, -0.25) is 9.59 Å². The summed E-state index contributed by atoms with van der Waals surface area (Å²) in [6.45, 7) is 7.04. The summed E-state index contributed by atoms with van der Waals surface area (Å²) in [5.41, 5.74) is 0.255. The van der Waals surface area contributed by atoms with Gasteiger partial charge in [0.25, 0.3) is 5.91 Å². The standard InChI is InChI=1S/C25H33N3O6S/c1-6-28(23(31)20(15-35)27-24(32)34-25(2,3)4)21(16-7-11-18(29)12-8-16)22(30)26-17-9-13-19(33-5)14-10-17/h7-14,20-21,29,35H,6,15H2,1-5H3,(H,26,30)(H,27,32).